The van der Waals surface area contributed by atoms with E-state index in [1.165, 1.54) is 23.2 Å². The highest BCUT2D eigenvalue weighted by atomic mass is 15.1. The van der Waals surface area contributed by atoms with Crippen LogP contribution in [0.4, 0.5) is 0 Å². The van der Waals surface area contributed by atoms with Crippen LogP contribution < -0.4 is 5.32 Å². The Labute approximate surface area is 115 Å². The quantitative estimate of drug-likeness (QED) is 0.862. The number of nitrogens with zero attached hydrogens (tertiary/aromatic N) is 2. The molecule has 1 aromatic carbocycles. The maximum absolute atomic E-state index is 4.22. The van der Waals surface area contributed by atoms with Crippen LogP contribution in [-0.4, -0.2) is 16.1 Å². The Morgan fingerprint density at radius 3 is 2.47 bits per heavy atom. The van der Waals surface area contributed by atoms with Gasteiger partial charge in [0, 0.05) is 7.05 Å². The second-order valence-corrected chi connectivity index (χ2v) is 4.91. The zero-order valence-electron chi connectivity index (χ0n) is 12.1. The summed E-state index contributed by atoms with van der Waals surface area (Å²) in [5, 5.41) is 3.53. The fraction of sp³-hybridized carbons (Fsp3) is 0.438. The number of aryl methyl sites for hydroxylation is 2. The first-order valence-corrected chi connectivity index (χ1v) is 7.04. The standard InChI is InChI=1S/C16H23N3/c1-4-6-13-7-9-14(10-8-13)16(18-5-2)15-11-17-12-19(15)3/h7-12,16,18H,4-6H2,1-3H3. The van der Waals surface area contributed by atoms with Crippen LogP contribution in [0, 0.1) is 0 Å². The highest BCUT2D eigenvalue weighted by molar-refractivity contribution is 5.30. The molecule has 102 valence electrons. The summed E-state index contributed by atoms with van der Waals surface area (Å²) in [6.07, 6.45) is 6.13. The minimum Gasteiger partial charge on any atom is -0.336 e. The largest absolute Gasteiger partial charge is 0.336 e. The number of hydrogen-bond acceptors (Lipinski definition) is 2. The van der Waals surface area contributed by atoms with Crippen molar-refractivity contribution in [3.8, 4) is 0 Å². The molecule has 0 aliphatic rings. The Morgan fingerprint density at radius 1 is 1.21 bits per heavy atom. The van der Waals surface area contributed by atoms with E-state index in [0.717, 1.165) is 13.0 Å². The number of hydrogen-bond donors (Lipinski definition) is 1. The van der Waals surface area contributed by atoms with Gasteiger partial charge in [-0.2, -0.15) is 0 Å². The molecular formula is C16H23N3. The van der Waals surface area contributed by atoms with Crippen LogP contribution in [0.15, 0.2) is 36.8 Å². The van der Waals surface area contributed by atoms with E-state index >= 15 is 0 Å². The molecule has 0 radical (unpaired) electrons. The molecule has 0 fully saturated rings. The minimum atomic E-state index is 0.216. The molecule has 0 amide bonds. The van der Waals surface area contributed by atoms with E-state index in [1.807, 2.05) is 19.6 Å². The molecule has 0 saturated heterocycles. The maximum atomic E-state index is 4.22. The lowest BCUT2D eigenvalue weighted by atomic mass is 10.0. The average molecular weight is 257 g/mol. The van der Waals surface area contributed by atoms with E-state index < -0.39 is 0 Å². The van der Waals surface area contributed by atoms with Gasteiger partial charge in [0.05, 0.1) is 24.3 Å². The van der Waals surface area contributed by atoms with Crippen molar-refractivity contribution in [1.29, 1.82) is 0 Å². The number of benzene rings is 1. The molecule has 1 aromatic heterocycles. The molecule has 0 aliphatic carbocycles. The van der Waals surface area contributed by atoms with Crippen LogP contribution in [0.2, 0.25) is 0 Å². The monoisotopic (exact) mass is 257 g/mol. The summed E-state index contributed by atoms with van der Waals surface area (Å²) in [6, 6.07) is 9.14. The molecule has 0 saturated carbocycles. The van der Waals surface area contributed by atoms with Gasteiger partial charge in [0.15, 0.2) is 0 Å². The van der Waals surface area contributed by atoms with Crippen molar-refractivity contribution in [2.45, 2.75) is 32.7 Å². The van der Waals surface area contributed by atoms with Gasteiger partial charge in [-0.15, -0.1) is 0 Å². The summed E-state index contributed by atoms with van der Waals surface area (Å²) >= 11 is 0. The summed E-state index contributed by atoms with van der Waals surface area (Å²) in [4.78, 5) is 4.22. The molecule has 3 nitrogen and oxygen atoms in total. The average Bonchev–Trinajstić information content (AvgIpc) is 2.84. The van der Waals surface area contributed by atoms with Gasteiger partial charge in [-0.3, -0.25) is 0 Å². The van der Waals surface area contributed by atoms with Gasteiger partial charge < -0.3 is 9.88 Å². The van der Waals surface area contributed by atoms with Crippen molar-refractivity contribution in [3.05, 3.63) is 53.6 Å². The Hall–Kier alpha value is -1.61. The van der Waals surface area contributed by atoms with Crippen LogP contribution in [0.3, 0.4) is 0 Å². The molecule has 1 unspecified atom stereocenters. The molecule has 1 atom stereocenters. The van der Waals surface area contributed by atoms with Crippen molar-refractivity contribution in [3.63, 3.8) is 0 Å². The first-order valence-electron chi connectivity index (χ1n) is 7.04. The predicted octanol–water partition coefficient (Wildman–Crippen LogP) is 3.07. The number of nitrogens with one attached hydrogen (secondary N) is 1. The van der Waals surface area contributed by atoms with E-state index in [0.29, 0.717) is 0 Å². The lowest BCUT2D eigenvalue weighted by Crippen LogP contribution is -2.23. The van der Waals surface area contributed by atoms with Gasteiger partial charge in [0.2, 0.25) is 0 Å². The lowest BCUT2D eigenvalue weighted by molar-refractivity contribution is 0.593. The van der Waals surface area contributed by atoms with Crippen LogP contribution in [0.5, 0.6) is 0 Å². The predicted molar refractivity (Wildman–Crippen MR) is 79.2 cm³/mol. The van der Waals surface area contributed by atoms with Crippen molar-refractivity contribution in [2.24, 2.45) is 7.05 Å². The zero-order chi connectivity index (χ0) is 13.7. The normalized spacial score (nSPS) is 12.6. The molecule has 0 bridgehead atoms. The Balaban J connectivity index is 2.26. The fourth-order valence-corrected chi connectivity index (χ4v) is 2.41. The Morgan fingerprint density at radius 2 is 1.95 bits per heavy atom. The third-order valence-electron chi connectivity index (χ3n) is 3.41. The molecule has 19 heavy (non-hydrogen) atoms. The highest BCUT2D eigenvalue weighted by Gasteiger charge is 2.15. The SMILES string of the molecule is CCCc1ccc(C(NCC)c2cncn2C)cc1. The summed E-state index contributed by atoms with van der Waals surface area (Å²) in [5.41, 5.74) is 3.90. The second kappa shape index (κ2) is 6.53. The van der Waals surface area contributed by atoms with Gasteiger partial charge >= 0.3 is 0 Å². The Bertz CT molecular complexity index is 499. The van der Waals surface area contributed by atoms with Crippen LogP contribution >= 0.6 is 0 Å². The van der Waals surface area contributed by atoms with Crippen molar-refractivity contribution < 1.29 is 0 Å². The van der Waals surface area contributed by atoms with Crippen LogP contribution in [0.1, 0.15) is 43.1 Å². The Kier molecular flexibility index (Phi) is 4.74. The first kappa shape index (κ1) is 13.8. The first-order chi connectivity index (χ1) is 9.26. The molecular weight excluding hydrogens is 234 g/mol. The summed E-state index contributed by atoms with van der Waals surface area (Å²) < 4.78 is 2.08. The van der Waals surface area contributed by atoms with Gasteiger partial charge in [0.25, 0.3) is 0 Å². The molecule has 0 spiro atoms. The lowest BCUT2D eigenvalue weighted by Gasteiger charge is -2.19. The summed E-state index contributed by atoms with van der Waals surface area (Å²) in [7, 11) is 2.04. The van der Waals surface area contributed by atoms with Crippen LogP contribution in [0.25, 0.3) is 0 Å². The van der Waals surface area contributed by atoms with E-state index in [-0.39, 0.29) is 6.04 Å². The summed E-state index contributed by atoms with van der Waals surface area (Å²) in [6.45, 7) is 5.28. The molecule has 2 aromatic rings. The third-order valence-corrected chi connectivity index (χ3v) is 3.41. The smallest absolute Gasteiger partial charge is 0.0946 e. The molecule has 1 heterocycles. The minimum absolute atomic E-state index is 0.216. The zero-order valence-corrected chi connectivity index (χ0v) is 12.1. The van der Waals surface area contributed by atoms with Crippen LogP contribution in [-0.2, 0) is 13.5 Å². The van der Waals surface area contributed by atoms with Crippen molar-refractivity contribution in [2.75, 3.05) is 6.54 Å². The third kappa shape index (κ3) is 3.24. The number of aromatic nitrogens is 2. The summed E-state index contributed by atoms with van der Waals surface area (Å²) in [5.74, 6) is 0. The maximum Gasteiger partial charge on any atom is 0.0946 e. The van der Waals surface area contributed by atoms with E-state index in [2.05, 4.69) is 53.0 Å². The molecule has 1 N–H and O–H groups in total. The highest BCUT2D eigenvalue weighted by Crippen LogP contribution is 2.22. The molecule has 3 heteroatoms. The van der Waals surface area contributed by atoms with Gasteiger partial charge in [-0.1, -0.05) is 44.5 Å². The van der Waals surface area contributed by atoms with E-state index in [9.17, 15) is 0 Å². The van der Waals surface area contributed by atoms with Crippen molar-refractivity contribution >= 4 is 0 Å². The molecule has 0 aliphatic heterocycles. The van der Waals surface area contributed by atoms with Gasteiger partial charge in [-0.05, 0) is 24.1 Å². The van der Waals surface area contributed by atoms with E-state index in [4.69, 9.17) is 0 Å². The van der Waals surface area contributed by atoms with Gasteiger partial charge in [0.1, 0.15) is 0 Å². The second-order valence-electron chi connectivity index (χ2n) is 4.91. The van der Waals surface area contributed by atoms with E-state index in [1.54, 1.807) is 0 Å². The number of rotatable bonds is 6. The number of imidazole rings is 1. The molecule has 2 rings (SSSR count). The topological polar surface area (TPSA) is 29.9 Å². The van der Waals surface area contributed by atoms with Crippen molar-refractivity contribution in [1.82, 2.24) is 14.9 Å². The van der Waals surface area contributed by atoms with Gasteiger partial charge in [-0.25, -0.2) is 4.98 Å². The fourth-order valence-electron chi connectivity index (χ4n) is 2.41.